The van der Waals surface area contributed by atoms with Gasteiger partial charge in [0.1, 0.15) is 23.1 Å². The molecule has 14 nitrogen and oxygen atoms in total. The number of anilines is 3. The normalized spacial score (nSPS) is 13.7. The van der Waals surface area contributed by atoms with Crippen LogP contribution in [0.5, 0.6) is 11.8 Å². The zero-order chi connectivity index (χ0) is 28.7. The molecule has 1 saturated heterocycles. The lowest BCUT2D eigenvalue weighted by molar-refractivity contribution is -0.111. The minimum absolute atomic E-state index is 0.168. The number of carbonyl (C=O) groups excluding carboxylic acids is 1. The number of nitrogens with two attached hydrogens (primary N) is 1. The SMILES string of the molecule is [CH2]COCCOCCOCCOc1nc(N2CCN(C)CC2)nc(OC)c1Sc1nc(N)cc(NC(=O)C=C)n1. The van der Waals surface area contributed by atoms with Gasteiger partial charge in [0.15, 0.2) is 5.16 Å². The zero-order valence-corrected chi connectivity index (χ0v) is 23.8. The monoisotopic (exact) mass is 577 g/mol. The molecule has 2 aromatic heterocycles. The number of rotatable bonds is 17. The Morgan fingerprint density at radius 1 is 1.02 bits per heavy atom. The summed E-state index contributed by atoms with van der Waals surface area (Å²) in [6.45, 7) is 13.1. The van der Waals surface area contributed by atoms with E-state index in [1.807, 2.05) is 0 Å². The van der Waals surface area contributed by atoms with Crippen molar-refractivity contribution in [3.05, 3.63) is 25.6 Å². The van der Waals surface area contributed by atoms with E-state index < -0.39 is 5.91 Å². The van der Waals surface area contributed by atoms with Crippen LogP contribution >= 0.6 is 11.8 Å². The second-order valence-corrected chi connectivity index (χ2v) is 9.38. The van der Waals surface area contributed by atoms with Crippen LogP contribution in [0.4, 0.5) is 17.6 Å². The van der Waals surface area contributed by atoms with Crippen LogP contribution in [-0.4, -0.2) is 117 Å². The van der Waals surface area contributed by atoms with E-state index in [0.717, 1.165) is 44.0 Å². The summed E-state index contributed by atoms with van der Waals surface area (Å²) in [4.78, 5) is 34.5. The maximum atomic E-state index is 11.8. The van der Waals surface area contributed by atoms with Crippen molar-refractivity contribution >= 4 is 35.3 Å². The third kappa shape index (κ3) is 10.1. The van der Waals surface area contributed by atoms with Gasteiger partial charge in [-0.1, -0.05) is 6.58 Å². The molecule has 40 heavy (non-hydrogen) atoms. The van der Waals surface area contributed by atoms with Crippen LogP contribution in [-0.2, 0) is 19.0 Å². The van der Waals surface area contributed by atoms with E-state index in [0.29, 0.717) is 62.2 Å². The molecule has 15 heteroatoms. The van der Waals surface area contributed by atoms with Gasteiger partial charge in [-0.3, -0.25) is 4.79 Å². The lowest BCUT2D eigenvalue weighted by Crippen LogP contribution is -2.45. The van der Waals surface area contributed by atoms with Gasteiger partial charge in [-0.05, 0) is 31.8 Å². The van der Waals surface area contributed by atoms with Crippen molar-refractivity contribution in [1.29, 1.82) is 0 Å². The number of amides is 1. The first-order chi connectivity index (χ1) is 19.4. The molecule has 1 radical (unpaired) electrons. The van der Waals surface area contributed by atoms with Crippen molar-refractivity contribution in [1.82, 2.24) is 24.8 Å². The molecule has 3 rings (SSSR count). The summed E-state index contributed by atoms with van der Waals surface area (Å²) >= 11 is 1.11. The van der Waals surface area contributed by atoms with Gasteiger partial charge < -0.3 is 44.5 Å². The molecule has 0 bridgehead atoms. The van der Waals surface area contributed by atoms with Gasteiger partial charge in [0.25, 0.3) is 0 Å². The molecule has 219 valence electrons. The van der Waals surface area contributed by atoms with Crippen LogP contribution < -0.4 is 25.4 Å². The van der Waals surface area contributed by atoms with Gasteiger partial charge in [0.05, 0.1) is 40.1 Å². The van der Waals surface area contributed by atoms with Crippen molar-refractivity contribution in [2.75, 3.05) is 103 Å². The molecule has 0 atom stereocenters. The maximum Gasteiger partial charge on any atom is 0.248 e. The standard InChI is InChI=1S/C25H37N8O6S/c1-5-20(34)28-19-17-18(26)27-25(29-19)40-21-22(35-4)30-24(33-9-7-32(3)8-10-33)31-23(21)39-16-15-38-14-13-37-12-11-36-6-2/h5,17H,1-2,6-16H2,3-4H3,(H3,26,27,28,29,34). The molecule has 0 spiro atoms. The average molecular weight is 578 g/mol. The molecule has 1 aliphatic heterocycles. The Morgan fingerprint density at radius 3 is 2.33 bits per heavy atom. The summed E-state index contributed by atoms with van der Waals surface area (Å²) in [7, 11) is 3.59. The Hall–Kier alpha value is -3.24. The maximum absolute atomic E-state index is 11.8. The predicted molar refractivity (Wildman–Crippen MR) is 151 cm³/mol. The molecule has 1 amide bonds. The van der Waals surface area contributed by atoms with Crippen molar-refractivity contribution in [2.45, 2.75) is 10.1 Å². The van der Waals surface area contributed by atoms with Gasteiger partial charge in [-0.2, -0.15) is 9.97 Å². The lowest BCUT2D eigenvalue weighted by atomic mass is 10.3. The summed E-state index contributed by atoms with van der Waals surface area (Å²) in [6.07, 6.45) is 1.14. The van der Waals surface area contributed by atoms with Crippen LogP contribution in [0.3, 0.4) is 0 Å². The molecule has 1 fully saturated rings. The molecule has 0 unspecified atom stereocenters. The van der Waals surface area contributed by atoms with Crippen LogP contribution in [0.25, 0.3) is 0 Å². The van der Waals surface area contributed by atoms with E-state index in [1.165, 1.54) is 13.2 Å². The third-order valence-electron chi connectivity index (χ3n) is 5.48. The number of ether oxygens (including phenoxy) is 5. The first kappa shape index (κ1) is 31.3. The number of nitrogen functional groups attached to an aromatic ring is 1. The second kappa shape index (κ2) is 16.8. The fraction of sp³-hybridized carbons (Fsp3) is 0.520. The smallest absolute Gasteiger partial charge is 0.248 e. The minimum atomic E-state index is -0.424. The van der Waals surface area contributed by atoms with Gasteiger partial charge in [-0.25, -0.2) is 9.97 Å². The molecular weight excluding hydrogens is 540 g/mol. The molecule has 3 heterocycles. The predicted octanol–water partition coefficient (Wildman–Crippen LogP) is 1.15. The highest BCUT2D eigenvalue weighted by Crippen LogP contribution is 2.40. The van der Waals surface area contributed by atoms with E-state index in [2.05, 4.69) is 50.6 Å². The topological polar surface area (TPSA) is 159 Å². The third-order valence-corrected chi connectivity index (χ3v) is 6.40. The molecule has 1 aliphatic rings. The van der Waals surface area contributed by atoms with E-state index in [-0.39, 0.29) is 23.4 Å². The average Bonchev–Trinajstić information content (AvgIpc) is 2.94. The Bertz CT molecular complexity index is 1100. The quantitative estimate of drug-likeness (QED) is 0.157. The minimum Gasteiger partial charge on any atom is -0.480 e. The van der Waals surface area contributed by atoms with Crippen molar-refractivity contribution in [3.63, 3.8) is 0 Å². The van der Waals surface area contributed by atoms with Crippen LogP contribution in [0.15, 0.2) is 28.8 Å². The summed E-state index contributed by atoms with van der Waals surface area (Å²) in [5, 5.41) is 2.83. The molecule has 0 aromatic carbocycles. The van der Waals surface area contributed by atoms with Crippen LogP contribution in [0.2, 0.25) is 0 Å². The number of hydrogen-bond donors (Lipinski definition) is 2. The van der Waals surface area contributed by atoms with E-state index >= 15 is 0 Å². The number of nitrogens with zero attached hydrogens (tertiary/aromatic N) is 6. The molecule has 0 aliphatic carbocycles. The number of nitrogens with one attached hydrogen (secondary N) is 1. The van der Waals surface area contributed by atoms with Gasteiger partial charge >= 0.3 is 0 Å². The molecule has 2 aromatic rings. The van der Waals surface area contributed by atoms with E-state index in [1.54, 1.807) is 0 Å². The zero-order valence-electron chi connectivity index (χ0n) is 23.0. The van der Waals surface area contributed by atoms with Crippen molar-refractivity contribution in [3.8, 4) is 11.8 Å². The summed E-state index contributed by atoms with van der Waals surface area (Å²) < 4.78 is 27.9. The number of carbonyl (C=O) groups is 1. The largest absolute Gasteiger partial charge is 0.480 e. The van der Waals surface area contributed by atoms with Crippen LogP contribution in [0.1, 0.15) is 0 Å². The fourth-order valence-corrected chi connectivity index (χ4v) is 4.32. The summed E-state index contributed by atoms with van der Waals surface area (Å²) in [6, 6.07) is 1.45. The number of hydrogen-bond acceptors (Lipinski definition) is 14. The molecular formula is C25H37N8O6S. The van der Waals surface area contributed by atoms with Gasteiger partial charge in [-0.15, -0.1) is 0 Å². The van der Waals surface area contributed by atoms with Crippen molar-refractivity contribution < 1.29 is 28.5 Å². The highest BCUT2D eigenvalue weighted by atomic mass is 32.2. The first-order valence-corrected chi connectivity index (χ1v) is 13.6. The van der Waals surface area contributed by atoms with E-state index in [9.17, 15) is 4.79 Å². The second-order valence-electron chi connectivity index (χ2n) is 8.40. The highest BCUT2D eigenvalue weighted by molar-refractivity contribution is 7.99. The Balaban J connectivity index is 1.75. The summed E-state index contributed by atoms with van der Waals surface area (Å²) in [5.74, 6) is 1.05. The van der Waals surface area contributed by atoms with Crippen molar-refractivity contribution in [2.24, 2.45) is 0 Å². The number of piperazine rings is 1. The molecule has 0 saturated carbocycles. The number of likely N-dealkylation sites (N-methyl/N-ethyl adjacent to an activating group) is 1. The summed E-state index contributed by atoms with van der Waals surface area (Å²) in [5.41, 5.74) is 5.96. The van der Waals surface area contributed by atoms with E-state index in [4.69, 9.17) is 34.4 Å². The Kier molecular flexibility index (Phi) is 13.1. The number of methoxy groups -OCH3 is 1. The Labute approximate surface area is 238 Å². The van der Waals surface area contributed by atoms with Gasteiger partial charge in [0, 0.05) is 38.9 Å². The lowest BCUT2D eigenvalue weighted by Gasteiger charge is -2.32. The number of aromatic nitrogens is 4. The fourth-order valence-electron chi connectivity index (χ4n) is 3.43. The van der Waals surface area contributed by atoms with Crippen LogP contribution in [0, 0.1) is 6.92 Å². The molecule has 3 N–H and O–H groups in total. The first-order valence-electron chi connectivity index (χ1n) is 12.7. The Morgan fingerprint density at radius 2 is 1.68 bits per heavy atom. The highest BCUT2D eigenvalue weighted by Gasteiger charge is 2.24. The van der Waals surface area contributed by atoms with Gasteiger partial charge in [0.2, 0.25) is 23.6 Å².